The van der Waals surface area contributed by atoms with E-state index in [-0.39, 0.29) is 0 Å². The molecule has 4 nitrogen and oxygen atoms in total. The molecule has 1 aromatic carbocycles. The summed E-state index contributed by atoms with van der Waals surface area (Å²) in [6.07, 6.45) is 0. The van der Waals surface area contributed by atoms with Crippen LogP contribution in [-0.2, 0) is 4.79 Å². The third kappa shape index (κ3) is 6.74. The third-order valence-corrected chi connectivity index (χ3v) is 3.43. The number of aliphatic carboxylic acids is 1. The molecule has 0 aliphatic rings. The lowest BCUT2D eigenvalue weighted by Crippen LogP contribution is -2.38. The molecule has 118 valence electrons. The molecule has 0 aliphatic carbocycles. The van der Waals surface area contributed by atoms with Gasteiger partial charge in [-0.05, 0) is 25.6 Å². The van der Waals surface area contributed by atoms with E-state index in [4.69, 9.17) is 0 Å². The summed E-state index contributed by atoms with van der Waals surface area (Å²) in [5.74, 6) is -0.690. The van der Waals surface area contributed by atoms with Gasteiger partial charge >= 0.3 is 5.97 Å². The number of hydrogen-bond acceptors (Lipinski definition) is 3. The summed E-state index contributed by atoms with van der Waals surface area (Å²) in [5, 5.41) is 9.55. The minimum absolute atomic E-state index is 0.466. The lowest BCUT2D eigenvalue weighted by molar-refractivity contribution is -0.139. The van der Waals surface area contributed by atoms with Gasteiger partial charge in [0, 0.05) is 26.2 Å². The van der Waals surface area contributed by atoms with Crippen LogP contribution >= 0.6 is 0 Å². The first-order valence-corrected chi connectivity index (χ1v) is 7.55. The van der Waals surface area contributed by atoms with E-state index in [0.29, 0.717) is 12.5 Å². The SMILES string of the molecule is CC(C)CN(CCN(C)C)CC(C(=O)O)c1ccccc1. The minimum Gasteiger partial charge on any atom is -0.481 e. The molecular weight excluding hydrogens is 264 g/mol. The van der Waals surface area contributed by atoms with Crippen molar-refractivity contribution in [1.82, 2.24) is 9.80 Å². The fourth-order valence-electron chi connectivity index (χ4n) is 2.38. The molecule has 1 N–H and O–H groups in total. The van der Waals surface area contributed by atoms with E-state index in [2.05, 4.69) is 23.6 Å². The van der Waals surface area contributed by atoms with Crippen LogP contribution in [0.25, 0.3) is 0 Å². The average Bonchev–Trinajstić information content (AvgIpc) is 2.41. The van der Waals surface area contributed by atoms with Crippen molar-refractivity contribution in [3.63, 3.8) is 0 Å². The maximum atomic E-state index is 11.6. The topological polar surface area (TPSA) is 43.8 Å². The van der Waals surface area contributed by atoms with E-state index in [1.54, 1.807) is 0 Å². The van der Waals surface area contributed by atoms with Crippen molar-refractivity contribution in [3.8, 4) is 0 Å². The molecule has 0 heterocycles. The summed E-state index contributed by atoms with van der Waals surface area (Å²) in [7, 11) is 4.08. The van der Waals surface area contributed by atoms with Crippen LogP contribution in [0.15, 0.2) is 30.3 Å². The van der Waals surface area contributed by atoms with Gasteiger partial charge in [0.1, 0.15) is 0 Å². The summed E-state index contributed by atoms with van der Waals surface area (Å²) in [4.78, 5) is 16.0. The summed E-state index contributed by atoms with van der Waals surface area (Å²) in [6, 6.07) is 9.52. The Balaban J connectivity index is 2.78. The quantitative estimate of drug-likeness (QED) is 0.759. The van der Waals surface area contributed by atoms with Crippen LogP contribution in [0.2, 0.25) is 0 Å². The van der Waals surface area contributed by atoms with E-state index < -0.39 is 11.9 Å². The molecule has 4 heteroatoms. The van der Waals surface area contributed by atoms with Crippen molar-refractivity contribution in [2.24, 2.45) is 5.92 Å². The van der Waals surface area contributed by atoms with Crippen LogP contribution in [0.4, 0.5) is 0 Å². The van der Waals surface area contributed by atoms with Crippen LogP contribution in [0.5, 0.6) is 0 Å². The van der Waals surface area contributed by atoms with Crippen molar-refractivity contribution in [2.45, 2.75) is 19.8 Å². The van der Waals surface area contributed by atoms with Crippen molar-refractivity contribution >= 4 is 5.97 Å². The summed E-state index contributed by atoms with van der Waals surface area (Å²) < 4.78 is 0. The predicted molar refractivity (Wildman–Crippen MR) is 86.7 cm³/mol. The fraction of sp³-hybridized carbons (Fsp3) is 0.588. The molecule has 0 radical (unpaired) electrons. The number of carbonyl (C=O) groups is 1. The first-order valence-electron chi connectivity index (χ1n) is 7.55. The Morgan fingerprint density at radius 3 is 2.19 bits per heavy atom. The lowest BCUT2D eigenvalue weighted by Gasteiger charge is -2.28. The molecule has 0 spiro atoms. The highest BCUT2D eigenvalue weighted by molar-refractivity contribution is 5.76. The van der Waals surface area contributed by atoms with Crippen molar-refractivity contribution < 1.29 is 9.90 Å². The smallest absolute Gasteiger partial charge is 0.312 e. The molecule has 0 saturated heterocycles. The van der Waals surface area contributed by atoms with Crippen molar-refractivity contribution in [2.75, 3.05) is 40.3 Å². The Labute approximate surface area is 128 Å². The summed E-state index contributed by atoms with van der Waals surface area (Å²) in [6.45, 7) is 7.65. The minimum atomic E-state index is -0.750. The zero-order valence-electron chi connectivity index (χ0n) is 13.6. The van der Waals surface area contributed by atoms with Gasteiger partial charge in [-0.2, -0.15) is 0 Å². The van der Waals surface area contributed by atoms with Crippen LogP contribution < -0.4 is 0 Å². The Bertz CT molecular complexity index is 418. The number of benzene rings is 1. The van der Waals surface area contributed by atoms with E-state index in [9.17, 15) is 9.90 Å². The molecule has 0 bridgehead atoms. The molecule has 1 atom stereocenters. The van der Waals surface area contributed by atoms with Gasteiger partial charge in [-0.15, -0.1) is 0 Å². The Hall–Kier alpha value is -1.39. The standard InChI is InChI=1S/C17H28N2O2/c1-14(2)12-19(11-10-18(3)4)13-16(17(20)21)15-8-6-5-7-9-15/h5-9,14,16H,10-13H2,1-4H3,(H,20,21). The number of likely N-dealkylation sites (N-methyl/N-ethyl adjacent to an activating group) is 1. The molecule has 21 heavy (non-hydrogen) atoms. The van der Waals surface area contributed by atoms with Crippen LogP contribution in [0, 0.1) is 5.92 Å². The molecule has 0 aromatic heterocycles. The third-order valence-electron chi connectivity index (χ3n) is 3.43. The highest BCUT2D eigenvalue weighted by Gasteiger charge is 2.23. The number of hydrogen-bond donors (Lipinski definition) is 1. The normalized spacial score (nSPS) is 13.1. The Kier molecular flexibility index (Phi) is 7.40. The van der Waals surface area contributed by atoms with E-state index in [1.807, 2.05) is 44.4 Å². The zero-order valence-corrected chi connectivity index (χ0v) is 13.6. The van der Waals surface area contributed by atoms with Gasteiger partial charge in [-0.1, -0.05) is 44.2 Å². The highest BCUT2D eigenvalue weighted by atomic mass is 16.4. The molecule has 1 rings (SSSR count). The van der Waals surface area contributed by atoms with E-state index >= 15 is 0 Å². The number of carboxylic acids is 1. The van der Waals surface area contributed by atoms with E-state index in [1.165, 1.54) is 0 Å². The highest BCUT2D eigenvalue weighted by Crippen LogP contribution is 2.18. The molecule has 1 aromatic rings. The van der Waals surface area contributed by atoms with Crippen LogP contribution in [0.1, 0.15) is 25.3 Å². The number of rotatable bonds is 9. The average molecular weight is 292 g/mol. The monoisotopic (exact) mass is 292 g/mol. The second-order valence-corrected chi connectivity index (χ2v) is 6.26. The second-order valence-electron chi connectivity index (χ2n) is 6.26. The zero-order chi connectivity index (χ0) is 15.8. The van der Waals surface area contributed by atoms with Gasteiger partial charge in [0.15, 0.2) is 0 Å². The van der Waals surface area contributed by atoms with Crippen LogP contribution in [-0.4, -0.2) is 61.2 Å². The molecular formula is C17H28N2O2. The molecule has 0 amide bonds. The lowest BCUT2D eigenvalue weighted by atomic mass is 9.98. The molecule has 0 fully saturated rings. The van der Waals surface area contributed by atoms with E-state index in [0.717, 1.165) is 25.2 Å². The van der Waals surface area contributed by atoms with Crippen molar-refractivity contribution in [3.05, 3.63) is 35.9 Å². The van der Waals surface area contributed by atoms with Gasteiger partial charge in [-0.3, -0.25) is 4.79 Å². The first-order chi connectivity index (χ1) is 9.90. The van der Waals surface area contributed by atoms with Gasteiger partial charge in [0.2, 0.25) is 0 Å². The van der Waals surface area contributed by atoms with Crippen molar-refractivity contribution in [1.29, 1.82) is 0 Å². The molecule has 0 aliphatic heterocycles. The second kappa shape index (κ2) is 8.80. The van der Waals surface area contributed by atoms with Gasteiger partial charge in [-0.25, -0.2) is 0 Å². The Morgan fingerprint density at radius 1 is 1.10 bits per heavy atom. The fourth-order valence-corrected chi connectivity index (χ4v) is 2.38. The largest absolute Gasteiger partial charge is 0.481 e. The van der Waals surface area contributed by atoms with Crippen LogP contribution in [0.3, 0.4) is 0 Å². The van der Waals surface area contributed by atoms with Gasteiger partial charge in [0.25, 0.3) is 0 Å². The maximum absolute atomic E-state index is 11.6. The number of carboxylic acid groups (broad SMARTS) is 1. The molecule has 0 saturated carbocycles. The maximum Gasteiger partial charge on any atom is 0.312 e. The number of nitrogens with zero attached hydrogens (tertiary/aromatic N) is 2. The molecule has 1 unspecified atom stereocenters. The summed E-state index contributed by atoms with van der Waals surface area (Å²) >= 11 is 0. The summed E-state index contributed by atoms with van der Waals surface area (Å²) in [5.41, 5.74) is 0.878. The van der Waals surface area contributed by atoms with Gasteiger partial charge in [0.05, 0.1) is 5.92 Å². The Morgan fingerprint density at radius 2 is 1.71 bits per heavy atom. The first kappa shape index (κ1) is 17.7. The predicted octanol–water partition coefficient (Wildman–Crippen LogP) is 2.37. The van der Waals surface area contributed by atoms with Gasteiger partial charge < -0.3 is 14.9 Å².